The first-order valence-electron chi connectivity index (χ1n) is 6.23. The Labute approximate surface area is 107 Å². The Hall–Kier alpha value is -1.75. The number of nitrogens with one attached hydrogen (secondary N) is 1. The molecule has 1 amide bonds. The van der Waals surface area contributed by atoms with Crippen LogP contribution in [-0.2, 0) is 11.2 Å². The molecule has 0 atom stereocenters. The van der Waals surface area contributed by atoms with Gasteiger partial charge in [-0.05, 0) is 24.1 Å². The number of carbonyl (C=O) groups is 1. The first-order chi connectivity index (χ1) is 8.65. The lowest BCUT2D eigenvalue weighted by atomic mass is 10.1. The van der Waals surface area contributed by atoms with Gasteiger partial charge in [-0.1, -0.05) is 6.92 Å². The van der Waals surface area contributed by atoms with Gasteiger partial charge in [0.15, 0.2) is 0 Å². The van der Waals surface area contributed by atoms with E-state index in [0.717, 1.165) is 29.9 Å². The van der Waals surface area contributed by atoms with Crippen LogP contribution < -0.4 is 16.0 Å². The zero-order valence-electron chi connectivity index (χ0n) is 10.6. The van der Waals surface area contributed by atoms with Crippen LogP contribution in [-0.4, -0.2) is 30.7 Å². The minimum atomic E-state index is 0.00532. The largest absolute Gasteiger partial charge is 0.397 e. The number of anilines is 3. The summed E-state index contributed by atoms with van der Waals surface area (Å²) in [4.78, 5) is 13.4. The van der Waals surface area contributed by atoms with E-state index in [4.69, 9.17) is 10.8 Å². The van der Waals surface area contributed by atoms with Gasteiger partial charge >= 0.3 is 0 Å². The maximum absolute atomic E-state index is 11.3. The molecule has 0 radical (unpaired) electrons. The van der Waals surface area contributed by atoms with Crippen LogP contribution in [0.5, 0.6) is 0 Å². The number of hydrogen-bond donors (Lipinski definition) is 3. The predicted molar refractivity (Wildman–Crippen MR) is 72.8 cm³/mol. The molecule has 0 unspecified atom stereocenters. The molecule has 1 aliphatic heterocycles. The number of carbonyl (C=O) groups excluding carboxylic acids is 1. The molecule has 0 bridgehead atoms. The molecule has 1 heterocycles. The molecule has 4 N–H and O–H groups in total. The fourth-order valence-corrected chi connectivity index (χ4v) is 2.30. The van der Waals surface area contributed by atoms with Crippen LogP contribution in [0.3, 0.4) is 0 Å². The van der Waals surface area contributed by atoms with Crippen molar-refractivity contribution in [3.8, 4) is 0 Å². The van der Waals surface area contributed by atoms with Gasteiger partial charge in [-0.25, -0.2) is 0 Å². The molecule has 1 aromatic rings. The second kappa shape index (κ2) is 5.27. The number of amides is 1. The van der Waals surface area contributed by atoms with Crippen molar-refractivity contribution in [3.05, 3.63) is 17.7 Å². The molecule has 0 saturated heterocycles. The lowest BCUT2D eigenvalue weighted by molar-refractivity contribution is -0.115. The molecule has 5 nitrogen and oxygen atoms in total. The first kappa shape index (κ1) is 12.7. The van der Waals surface area contributed by atoms with Gasteiger partial charge in [-0.2, -0.15) is 0 Å². The Bertz CT molecular complexity index is 454. The molecule has 1 aliphatic rings. The highest BCUT2D eigenvalue weighted by atomic mass is 16.3. The highest BCUT2D eigenvalue weighted by Crippen LogP contribution is 2.33. The van der Waals surface area contributed by atoms with E-state index in [1.807, 2.05) is 17.0 Å². The third-order valence-electron chi connectivity index (χ3n) is 3.08. The third kappa shape index (κ3) is 2.41. The number of nitrogens with zero attached hydrogens (tertiary/aromatic N) is 1. The van der Waals surface area contributed by atoms with E-state index in [9.17, 15) is 4.79 Å². The zero-order chi connectivity index (χ0) is 13.1. The molecule has 0 spiro atoms. The molecule has 0 aromatic heterocycles. The lowest BCUT2D eigenvalue weighted by Gasteiger charge is -2.25. The highest BCUT2D eigenvalue weighted by Gasteiger charge is 2.20. The quantitative estimate of drug-likeness (QED) is 0.679. The number of aliphatic hydroxyl groups is 1. The van der Waals surface area contributed by atoms with E-state index in [1.165, 1.54) is 0 Å². The van der Waals surface area contributed by atoms with Crippen molar-refractivity contribution >= 4 is 23.0 Å². The number of hydrogen-bond acceptors (Lipinski definition) is 4. The average Bonchev–Trinajstić information content (AvgIpc) is 2.67. The molecule has 2 rings (SSSR count). The van der Waals surface area contributed by atoms with Crippen molar-refractivity contribution in [1.29, 1.82) is 0 Å². The SMILES string of the molecule is CCCN(CCO)c1cc2c(cc1N)CC(=O)N2. The van der Waals surface area contributed by atoms with E-state index in [2.05, 4.69) is 12.2 Å². The summed E-state index contributed by atoms with van der Waals surface area (Å²) in [6.07, 6.45) is 1.37. The van der Waals surface area contributed by atoms with Gasteiger partial charge in [0.2, 0.25) is 5.91 Å². The zero-order valence-corrected chi connectivity index (χ0v) is 10.6. The molecule has 0 aliphatic carbocycles. The first-order valence-corrected chi connectivity index (χ1v) is 6.23. The second-order valence-electron chi connectivity index (χ2n) is 4.50. The minimum absolute atomic E-state index is 0.00532. The summed E-state index contributed by atoms with van der Waals surface area (Å²) < 4.78 is 0. The van der Waals surface area contributed by atoms with Gasteiger partial charge in [0.1, 0.15) is 0 Å². The number of benzene rings is 1. The van der Waals surface area contributed by atoms with Crippen molar-refractivity contribution in [1.82, 2.24) is 0 Å². The fraction of sp³-hybridized carbons (Fsp3) is 0.462. The van der Waals surface area contributed by atoms with Crippen molar-refractivity contribution in [2.24, 2.45) is 0 Å². The molecular weight excluding hydrogens is 230 g/mol. The Morgan fingerprint density at radius 1 is 1.44 bits per heavy atom. The molecule has 18 heavy (non-hydrogen) atoms. The Kier molecular flexibility index (Phi) is 3.72. The monoisotopic (exact) mass is 249 g/mol. The summed E-state index contributed by atoms with van der Waals surface area (Å²) in [5, 5.41) is 11.9. The highest BCUT2D eigenvalue weighted by molar-refractivity contribution is 6.00. The van der Waals surface area contributed by atoms with Crippen LogP contribution in [0.4, 0.5) is 17.1 Å². The van der Waals surface area contributed by atoms with Crippen molar-refractivity contribution < 1.29 is 9.90 Å². The summed E-state index contributed by atoms with van der Waals surface area (Å²) in [5.74, 6) is 0.00532. The second-order valence-corrected chi connectivity index (χ2v) is 4.50. The number of nitrogens with two attached hydrogens (primary N) is 1. The van der Waals surface area contributed by atoms with E-state index < -0.39 is 0 Å². The molecule has 98 valence electrons. The van der Waals surface area contributed by atoms with Crippen LogP contribution in [0.2, 0.25) is 0 Å². The van der Waals surface area contributed by atoms with Crippen LogP contribution >= 0.6 is 0 Å². The maximum atomic E-state index is 11.3. The summed E-state index contributed by atoms with van der Waals surface area (Å²) in [6, 6.07) is 3.75. The maximum Gasteiger partial charge on any atom is 0.228 e. The molecule has 1 aromatic carbocycles. The van der Waals surface area contributed by atoms with Gasteiger partial charge in [-0.15, -0.1) is 0 Å². The Morgan fingerprint density at radius 3 is 2.89 bits per heavy atom. The predicted octanol–water partition coefficient (Wildman–Crippen LogP) is 0.972. The Morgan fingerprint density at radius 2 is 2.22 bits per heavy atom. The average molecular weight is 249 g/mol. The van der Waals surface area contributed by atoms with E-state index in [1.54, 1.807) is 0 Å². The summed E-state index contributed by atoms with van der Waals surface area (Å²) in [6.45, 7) is 3.54. The molecule has 5 heteroatoms. The van der Waals surface area contributed by atoms with E-state index >= 15 is 0 Å². The fourth-order valence-electron chi connectivity index (χ4n) is 2.30. The topological polar surface area (TPSA) is 78.6 Å². The van der Waals surface area contributed by atoms with Gasteiger partial charge in [0.25, 0.3) is 0 Å². The Balaban J connectivity index is 2.32. The summed E-state index contributed by atoms with van der Waals surface area (Å²) in [5.41, 5.74) is 9.36. The lowest BCUT2D eigenvalue weighted by Crippen LogP contribution is -2.28. The normalized spacial score (nSPS) is 13.3. The molecule has 0 fully saturated rings. The molecular formula is C13H19N3O2. The van der Waals surface area contributed by atoms with Crippen LogP contribution in [0, 0.1) is 0 Å². The van der Waals surface area contributed by atoms with Gasteiger partial charge in [0, 0.05) is 18.8 Å². The number of fused-ring (bicyclic) bond motifs is 1. The summed E-state index contributed by atoms with van der Waals surface area (Å²) in [7, 11) is 0. The van der Waals surface area contributed by atoms with Gasteiger partial charge in [-0.3, -0.25) is 4.79 Å². The summed E-state index contributed by atoms with van der Waals surface area (Å²) >= 11 is 0. The van der Waals surface area contributed by atoms with E-state index in [0.29, 0.717) is 18.7 Å². The number of aliphatic hydroxyl groups excluding tert-OH is 1. The van der Waals surface area contributed by atoms with Crippen LogP contribution in [0.1, 0.15) is 18.9 Å². The van der Waals surface area contributed by atoms with Crippen molar-refractivity contribution in [2.75, 3.05) is 35.6 Å². The van der Waals surface area contributed by atoms with Crippen molar-refractivity contribution in [2.45, 2.75) is 19.8 Å². The third-order valence-corrected chi connectivity index (χ3v) is 3.08. The van der Waals surface area contributed by atoms with Gasteiger partial charge in [0.05, 0.1) is 24.4 Å². The van der Waals surface area contributed by atoms with Crippen LogP contribution in [0.25, 0.3) is 0 Å². The standard InChI is InChI=1S/C13H19N3O2/c1-2-3-16(4-5-17)12-8-11-9(6-10(12)14)7-13(18)15-11/h6,8,17H,2-5,7,14H2,1H3,(H,15,18). The van der Waals surface area contributed by atoms with Gasteiger partial charge < -0.3 is 21.1 Å². The minimum Gasteiger partial charge on any atom is -0.397 e. The van der Waals surface area contributed by atoms with Crippen molar-refractivity contribution in [3.63, 3.8) is 0 Å². The number of rotatable bonds is 5. The van der Waals surface area contributed by atoms with E-state index in [-0.39, 0.29) is 12.5 Å². The molecule has 0 saturated carbocycles. The van der Waals surface area contributed by atoms with Crippen LogP contribution in [0.15, 0.2) is 12.1 Å². The smallest absolute Gasteiger partial charge is 0.228 e. The number of nitrogen functional groups attached to an aromatic ring is 1.